The monoisotopic (exact) mass is 407 g/mol. The number of methoxy groups -OCH3 is 3. The fourth-order valence-corrected chi connectivity index (χ4v) is 2.77. The average molecular weight is 407 g/mol. The van der Waals surface area contributed by atoms with Crippen molar-refractivity contribution in [2.75, 3.05) is 21.3 Å². The molecule has 0 saturated carbocycles. The molecule has 0 spiro atoms. The predicted octanol–water partition coefficient (Wildman–Crippen LogP) is 4.08. The first-order valence-electron chi connectivity index (χ1n) is 8.27. The van der Waals surface area contributed by atoms with Gasteiger partial charge in [-0.1, -0.05) is 18.2 Å². The molecule has 0 bridgehead atoms. The van der Waals surface area contributed by atoms with Crippen LogP contribution in [0.3, 0.4) is 0 Å². The number of rotatable bonds is 5. The Morgan fingerprint density at radius 3 is 2.17 bits per heavy atom. The highest BCUT2D eigenvalue weighted by atomic mass is 19.4. The van der Waals surface area contributed by atoms with Crippen LogP contribution in [0, 0.1) is 0 Å². The van der Waals surface area contributed by atoms with Crippen LogP contribution in [-0.2, 0) is 15.7 Å². The number of hydrogen-bond acceptors (Lipinski definition) is 6. The molecule has 1 aliphatic heterocycles. The van der Waals surface area contributed by atoms with Crippen LogP contribution in [0.25, 0.3) is 6.08 Å². The molecular formula is C20H16F3NO5. The standard InChI is InChI=1S/C20H16F3NO5/c1-26-15-9-12(10-16(27-2)17(15)28-3)18-24-14(19(25)29-18)8-11-6-4-5-7-13(11)20(21,22)23/h4-10H,1-3H3/b14-8+. The SMILES string of the molecule is COc1cc(C2=N/C(=C/c3ccccc3C(F)(F)F)C(=O)O2)cc(OC)c1OC. The number of hydrogen-bond donors (Lipinski definition) is 0. The molecule has 1 heterocycles. The van der Waals surface area contributed by atoms with Crippen LogP contribution in [0.15, 0.2) is 47.1 Å². The lowest BCUT2D eigenvalue weighted by atomic mass is 10.1. The first kappa shape index (κ1) is 20.2. The molecule has 3 rings (SSSR count). The number of benzene rings is 2. The Kier molecular flexibility index (Phi) is 5.49. The molecule has 2 aromatic rings. The number of aliphatic imine (C=N–C) groups is 1. The number of carbonyl (C=O) groups is 1. The lowest BCUT2D eigenvalue weighted by molar-refractivity contribution is -0.137. The minimum atomic E-state index is -4.57. The number of ether oxygens (including phenoxy) is 4. The van der Waals surface area contributed by atoms with E-state index < -0.39 is 17.7 Å². The van der Waals surface area contributed by atoms with Crippen LogP contribution in [0.1, 0.15) is 16.7 Å². The number of nitrogens with zero attached hydrogens (tertiary/aromatic N) is 1. The van der Waals surface area contributed by atoms with Crippen LogP contribution in [0.2, 0.25) is 0 Å². The van der Waals surface area contributed by atoms with Crippen molar-refractivity contribution in [1.29, 1.82) is 0 Å². The number of alkyl halides is 3. The smallest absolute Gasteiger partial charge is 0.416 e. The number of cyclic esters (lactones) is 1. The van der Waals surface area contributed by atoms with Gasteiger partial charge in [-0.2, -0.15) is 13.2 Å². The van der Waals surface area contributed by atoms with E-state index >= 15 is 0 Å². The molecule has 0 atom stereocenters. The van der Waals surface area contributed by atoms with Gasteiger partial charge in [0, 0.05) is 5.56 Å². The summed E-state index contributed by atoms with van der Waals surface area (Å²) in [5, 5.41) is 0. The second-order valence-corrected chi connectivity index (χ2v) is 5.84. The maximum atomic E-state index is 13.2. The first-order valence-corrected chi connectivity index (χ1v) is 8.27. The van der Waals surface area contributed by atoms with Crippen molar-refractivity contribution in [3.63, 3.8) is 0 Å². The molecule has 1 aliphatic rings. The lowest BCUT2D eigenvalue weighted by Crippen LogP contribution is -2.08. The number of halogens is 3. The Balaban J connectivity index is 2.05. The van der Waals surface area contributed by atoms with Gasteiger partial charge < -0.3 is 18.9 Å². The van der Waals surface area contributed by atoms with Crippen LogP contribution in [-0.4, -0.2) is 33.2 Å². The summed E-state index contributed by atoms with van der Waals surface area (Å²) in [5.74, 6) is -0.0184. The zero-order valence-electron chi connectivity index (χ0n) is 15.7. The van der Waals surface area contributed by atoms with Gasteiger partial charge in [0.2, 0.25) is 11.6 Å². The maximum Gasteiger partial charge on any atom is 0.416 e. The molecule has 0 fully saturated rings. The topological polar surface area (TPSA) is 66.4 Å². The average Bonchev–Trinajstić information content (AvgIpc) is 3.06. The van der Waals surface area contributed by atoms with E-state index in [1.165, 1.54) is 51.7 Å². The predicted molar refractivity (Wildman–Crippen MR) is 98.1 cm³/mol. The molecule has 6 nitrogen and oxygen atoms in total. The van der Waals surface area contributed by atoms with Gasteiger partial charge >= 0.3 is 12.1 Å². The molecule has 29 heavy (non-hydrogen) atoms. The molecule has 0 radical (unpaired) electrons. The minimum absolute atomic E-state index is 0.0926. The third kappa shape index (κ3) is 4.03. The first-order chi connectivity index (χ1) is 13.8. The third-order valence-electron chi connectivity index (χ3n) is 4.09. The largest absolute Gasteiger partial charge is 0.493 e. The number of carbonyl (C=O) groups excluding carboxylic acids is 1. The van der Waals surface area contributed by atoms with E-state index in [-0.39, 0.29) is 17.2 Å². The van der Waals surface area contributed by atoms with Crippen molar-refractivity contribution < 1.29 is 36.9 Å². The molecule has 152 valence electrons. The Morgan fingerprint density at radius 1 is 1.00 bits per heavy atom. The molecular weight excluding hydrogens is 391 g/mol. The van der Waals surface area contributed by atoms with Gasteiger partial charge in [-0.15, -0.1) is 0 Å². The van der Waals surface area contributed by atoms with E-state index in [0.717, 1.165) is 12.1 Å². The minimum Gasteiger partial charge on any atom is -0.493 e. The van der Waals surface area contributed by atoms with Crippen LogP contribution in [0.4, 0.5) is 13.2 Å². The summed E-state index contributed by atoms with van der Waals surface area (Å²) < 4.78 is 60.4. The highest BCUT2D eigenvalue weighted by molar-refractivity contribution is 6.13. The molecule has 2 aromatic carbocycles. The summed E-state index contributed by atoms with van der Waals surface area (Å²) in [7, 11) is 4.28. The van der Waals surface area contributed by atoms with E-state index in [9.17, 15) is 18.0 Å². The van der Waals surface area contributed by atoms with E-state index in [1.54, 1.807) is 0 Å². The molecule has 0 aromatic heterocycles. The lowest BCUT2D eigenvalue weighted by Gasteiger charge is -2.13. The second-order valence-electron chi connectivity index (χ2n) is 5.84. The fourth-order valence-electron chi connectivity index (χ4n) is 2.77. The Labute approximate surface area is 164 Å². The Morgan fingerprint density at radius 2 is 1.62 bits per heavy atom. The van der Waals surface area contributed by atoms with Crippen molar-refractivity contribution in [2.45, 2.75) is 6.18 Å². The second kappa shape index (κ2) is 7.86. The summed E-state index contributed by atoms with van der Waals surface area (Å²) >= 11 is 0. The maximum absolute atomic E-state index is 13.2. The summed E-state index contributed by atoms with van der Waals surface area (Å²) in [6.07, 6.45) is -3.53. The van der Waals surface area contributed by atoms with Crippen molar-refractivity contribution in [3.05, 3.63) is 58.8 Å². The Bertz CT molecular complexity index is 986. The highest BCUT2D eigenvalue weighted by Crippen LogP contribution is 2.39. The van der Waals surface area contributed by atoms with Gasteiger partial charge in [-0.25, -0.2) is 9.79 Å². The van der Waals surface area contributed by atoms with Gasteiger partial charge in [0.25, 0.3) is 0 Å². The normalized spacial score (nSPS) is 15.2. The van der Waals surface area contributed by atoms with E-state index in [0.29, 0.717) is 22.8 Å². The fraction of sp³-hybridized carbons (Fsp3) is 0.200. The van der Waals surface area contributed by atoms with Gasteiger partial charge in [-0.05, 0) is 29.8 Å². The number of esters is 1. The molecule has 9 heteroatoms. The van der Waals surface area contributed by atoms with Crippen molar-refractivity contribution in [1.82, 2.24) is 0 Å². The van der Waals surface area contributed by atoms with E-state index in [1.807, 2.05) is 0 Å². The molecule has 0 unspecified atom stereocenters. The van der Waals surface area contributed by atoms with E-state index in [4.69, 9.17) is 18.9 Å². The van der Waals surface area contributed by atoms with Crippen LogP contribution < -0.4 is 14.2 Å². The Hall–Kier alpha value is -3.49. The van der Waals surface area contributed by atoms with Gasteiger partial charge in [0.15, 0.2) is 17.2 Å². The summed E-state index contributed by atoms with van der Waals surface area (Å²) in [5.41, 5.74) is -0.996. The quantitative estimate of drug-likeness (QED) is 0.552. The molecule has 0 saturated heterocycles. The molecule has 0 aliphatic carbocycles. The van der Waals surface area contributed by atoms with Crippen LogP contribution >= 0.6 is 0 Å². The van der Waals surface area contributed by atoms with Crippen molar-refractivity contribution in [3.8, 4) is 17.2 Å². The summed E-state index contributed by atoms with van der Waals surface area (Å²) in [6, 6.07) is 7.90. The van der Waals surface area contributed by atoms with Gasteiger partial charge in [0.05, 0.1) is 26.9 Å². The van der Waals surface area contributed by atoms with E-state index in [2.05, 4.69) is 4.99 Å². The van der Waals surface area contributed by atoms with Crippen molar-refractivity contribution in [2.24, 2.45) is 4.99 Å². The van der Waals surface area contributed by atoms with Gasteiger partial charge in [0.1, 0.15) is 0 Å². The zero-order valence-corrected chi connectivity index (χ0v) is 15.7. The zero-order chi connectivity index (χ0) is 21.2. The van der Waals surface area contributed by atoms with Crippen molar-refractivity contribution >= 4 is 17.9 Å². The molecule has 0 N–H and O–H groups in total. The molecule has 0 amide bonds. The van der Waals surface area contributed by atoms with Crippen LogP contribution in [0.5, 0.6) is 17.2 Å². The summed E-state index contributed by atoms with van der Waals surface area (Å²) in [6.45, 7) is 0. The summed E-state index contributed by atoms with van der Waals surface area (Å²) in [4.78, 5) is 16.2. The highest BCUT2D eigenvalue weighted by Gasteiger charge is 2.33. The third-order valence-corrected chi connectivity index (χ3v) is 4.09. The van der Waals surface area contributed by atoms with Gasteiger partial charge in [-0.3, -0.25) is 0 Å².